The molecule has 3 aromatic heterocycles. The average Bonchev–Trinajstić information content (AvgIpc) is 3.24. The summed E-state index contributed by atoms with van der Waals surface area (Å²) in [5.74, 6) is 1.95. The molecule has 0 aliphatic carbocycles. The largest absolute Gasteiger partial charge is 0.493 e. The first-order valence-corrected chi connectivity index (χ1v) is 9.59. The van der Waals surface area contributed by atoms with E-state index in [1.807, 2.05) is 24.3 Å². The molecule has 0 atom stereocenters. The van der Waals surface area contributed by atoms with Crippen LogP contribution in [-0.4, -0.2) is 56.8 Å². The Morgan fingerprint density at radius 3 is 2.55 bits per heavy atom. The molecule has 4 aromatic rings. The molecule has 0 spiro atoms. The topological polar surface area (TPSA) is 69.7 Å². The van der Waals surface area contributed by atoms with Gasteiger partial charge >= 0.3 is 0 Å². The van der Waals surface area contributed by atoms with E-state index in [4.69, 9.17) is 14.5 Å². The molecule has 4 rings (SSSR count). The maximum atomic E-state index is 5.89. The summed E-state index contributed by atoms with van der Waals surface area (Å²) in [7, 11) is 5.78. The number of nitrogens with zero attached hydrogens (tertiary/aromatic N) is 6. The Morgan fingerprint density at radius 2 is 1.83 bits per heavy atom. The third-order valence-corrected chi connectivity index (χ3v) is 5.19. The molecule has 0 aliphatic heterocycles. The fourth-order valence-electron chi connectivity index (χ4n) is 3.49. The van der Waals surface area contributed by atoms with Crippen molar-refractivity contribution in [2.75, 3.05) is 27.7 Å². The van der Waals surface area contributed by atoms with E-state index in [0.29, 0.717) is 17.3 Å². The molecule has 29 heavy (non-hydrogen) atoms. The summed E-state index contributed by atoms with van der Waals surface area (Å²) < 4.78 is 15.2. The first-order chi connectivity index (χ1) is 14.0. The molecule has 0 saturated carbocycles. The number of hydrogen-bond donors (Lipinski definition) is 0. The van der Waals surface area contributed by atoms with Crippen LogP contribution in [0, 0.1) is 13.8 Å². The van der Waals surface area contributed by atoms with Crippen LogP contribution >= 0.6 is 0 Å². The lowest BCUT2D eigenvalue weighted by Crippen LogP contribution is -2.19. The first kappa shape index (κ1) is 19.2. The van der Waals surface area contributed by atoms with E-state index >= 15 is 0 Å². The average molecular weight is 394 g/mol. The zero-order valence-corrected chi connectivity index (χ0v) is 17.5. The van der Waals surface area contributed by atoms with Gasteiger partial charge in [0.05, 0.1) is 12.5 Å². The van der Waals surface area contributed by atoms with Crippen LogP contribution in [0.25, 0.3) is 16.7 Å². The van der Waals surface area contributed by atoms with Gasteiger partial charge in [-0.05, 0) is 45.6 Å². The monoisotopic (exact) mass is 394 g/mol. The number of benzene rings is 1. The normalized spacial score (nSPS) is 11.7. The van der Waals surface area contributed by atoms with Crippen LogP contribution in [0.1, 0.15) is 17.1 Å². The second kappa shape index (κ2) is 7.71. The maximum Gasteiger partial charge on any atom is 0.189 e. The molecule has 8 heteroatoms. The Hall–Kier alpha value is -3.13. The van der Waals surface area contributed by atoms with Gasteiger partial charge in [-0.15, -0.1) is 5.10 Å². The molecule has 0 saturated heterocycles. The van der Waals surface area contributed by atoms with Crippen molar-refractivity contribution in [3.05, 3.63) is 47.7 Å². The third kappa shape index (κ3) is 3.51. The Bertz CT molecular complexity index is 1160. The van der Waals surface area contributed by atoms with Gasteiger partial charge in [-0.2, -0.15) is 0 Å². The summed E-state index contributed by atoms with van der Waals surface area (Å²) in [4.78, 5) is 11.6. The van der Waals surface area contributed by atoms with Crippen molar-refractivity contribution < 1.29 is 9.47 Å². The minimum absolute atomic E-state index is 0.253. The number of aryl methyl sites for hydroxylation is 1. The summed E-state index contributed by atoms with van der Waals surface area (Å²) in [6, 6.07) is 7.55. The highest BCUT2D eigenvalue weighted by atomic mass is 16.5. The van der Waals surface area contributed by atoms with Crippen molar-refractivity contribution in [2.24, 2.45) is 0 Å². The van der Waals surface area contributed by atoms with Gasteiger partial charge in [0.2, 0.25) is 0 Å². The molecule has 1 aromatic carbocycles. The Balaban J connectivity index is 1.68. The number of para-hydroxylation sites is 2. The number of aromatic nitrogens is 5. The molecule has 0 radical (unpaired) electrons. The highest BCUT2D eigenvalue weighted by Gasteiger charge is 2.18. The zero-order chi connectivity index (χ0) is 20.5. The van der Waals surface area contributed by atoms with Crippen LogP contribution in [-0.2, 0) is 13.2 Å². The predicted molar refractivity (Wildman–Crippen MR) is 112 cm³/mol. The number of ether oxygens (including phenoxy) is 2. The van der Waals surface area contributed by atoms with Crippen LogP contribution in [0.4, 0.5) is 0 Å². The van der Waals surface area contributed by atoms with Crippen LogP contribution in [0.3, 0.4) is 0 Å². The molecule has 3 heterocycles. The quantitative estimate of drug-likeness (QED) is 0.480. The highest BCUT2D eigenvalue weighted by Crippen LogP contribution is 2.28. The highest BCUT2D eigenvalue weighted by molar-refractivity contribution is 5.93. The standard InChI is InChI=1S/C21H26N6O2/c1-14-15(2)26(11-10-25(3)4)20-19(14)21-23-18(24-27(21)13-22-20)12-29-17-9-7-6-8-16(17)28-5/h6-9,13H,10-12H2,1-5H3. The van der Waals surface area contributed by atoms with Crippen molar-refractivity contribution in [3.63, 3.8) is 0 Å². The van der Waals surface area contributed by atoms with Crippen molar-refractivity contribution in [1.29, 1.82) is 0 Å². The molecule has 0 bridgehead atoms. The van der Waals surface area contributed by atoms with Gasteiger partial charge in [0.25, 0.3) is 0 Å². The number of rotatable bonds is 7. The third-order valence-electron chi connectivity index (χ3n) is 5.19. The van der Waals surface area contributed by atoms with Crippen LogP contribution in [0.2, 0.25) is 0 Å². The lowest BCUT2D eigenvalue weighted by Gasteiger charge is -2.12. The number of likely N-dealkylation sites (N-methyl/N-ethyl adjacent to an activating group) is 1. The molecule has 152 valence electrons. The van der Waals surface area contributed by atoms with Gasteiger partial charge < -0.3 is 18.9 Å². The van der Waals surface area contributed by atoms with Crippen molar-refractivity contribution >= 4 is 16.7 Å². The van der Waals surface area contributed by atoms with Gasteiger partial charge in [0, 0.05) is 18.8 Å². The molecule has 8 nitrogen and oxygen atoms in total. The van der Waals surface area contributed by atoms with Crippen LogP contribution in [0.15, 0.2) is 30.6 Å². The molecule has 0 N–H and O–H groups in total. The second-order valence-corrected chi connectivity index (χ2v) is 7.34. The smallest absolute Gasteiger partial charge is 0.189 e. The summed E-state index contributed by atoms with van der Waals surface area (Å²) >= 11 is 0. The second-order valence-electron chi connectivity index (χ2n) is 7.34. The summed E-state index contributed by atoms with van der Waals surface area (Å²) in [5.41, 5.74) is 4.13. The van der Waals surface area contributed by atoms with Crippen LogP contribution < -0.4 is 9.47 Å². The number of hydrogen-bond acceptors (Lipinski definition) is 6. The lowest BCUT2D eigenvalue weighted by atomic mass is 10.2. The van der Waals surface area contributed by atoms with E-state index in [2.05, 4.69) is 47.5 Å². The fourth-order valence-corrected chi connectivity index (χ4v) is 3.49. The first-order valence-electron chi connectivity index (χ1n) is 9.59. The molecular weight excluding hydrogens is 368 g/mol. The van der Waals surface area contributed by atoms with Crippen LogP contribution in [0.5, 0.6) is 11.5 Å². The molecule has 0 amide bonds. The minimum atomic E-state index is 0.253. The molecule has 0 aliphatic rings. The van der Waals surface area contributed by atoms with Gasteiger partial charge in [0.1, 0.15) is 18.6 Å². The molecule has 0 fully saturated rings. The van der Waals surface area contributed by atoms with Gasteiger partial charge in [-0.1, -0.05) is 12.1 Å². The van der Waals surface area contributed by atoms with Crippen molar-refractivity contribution in [2.45, 2.75) is 27.0 Å². The van der Waals surface area contributed by atoms with Gasteiger partial charge in [0.15, 0.2) is 23.0 Å². The van der Waals surface area contributed by atoms with Crippen molar-refractivity contribution in [3.8, 4) is 11.5 Å². The Labute approximate surface area is 169 Å². The maximum absolute atomic E-state index is 5.89. The lowest BCUT2D eigenvalue weighted by molar-refractivity contribution is 0.276. The van der Waals surface area contributed by atoms with E-state index in [9.17, 15) is 0 Å². The minimum Gasteiger partial charge on any atom is -0.493 e. The van der Waals surface area contributed by atoms with E-state index in [-0.39, 0.29) is 6.61 Å². The Morgan fingerprint density at radius 1 is 1.07 bits per heavy atom. The zero-order valence-electron chi connectivity index (χ0n) is 17.5. The van der Waals surface area contributed by atoms with Crippen molar-refractivity contribution in [1.82, 2.24) is 29.0 Å². The van der Waals surface area contributed by atoms with E-state index in [0.717, 1.165) is 29.8 Å². The predicted octanol–water partition coefficient (Wildman–Crippen LogP) is 2.85. The fraction of sp³-hybridized carbons (Fsp3) is 0.381. The summed E-state index contributed by atoms with van der Waals surface area (Å²) in [6.07, 6.45) is 1.72. The van der Waals surface area contributed by atoms with E-state index in [1.54, 1.807) is 18.0 Å². The Kier molecular flexibility index (Phi) is 5.10. The summed E-state index contributed by atoms with van der Waals surface area (Å²) in [5, 5.41) is 5.59. The van der Waals surface area contributed by atoms with Gasteiger partial charge in [-0.3, -0.25) is 0 Å². The van der Waals surface area contributed by atoms with E-state index in [1.165, 1.54) is 11.3 Å². The van der Waals surface area contributed by atoms with Gasteiger partial charge in [-0.25, -0.2) is 14.5 Å². The SMILES string of the molecule is COc1ccccc1OCc1nc2c3c(C)c(C)n(CCN(C)C)c3ncn2n1. The summed E-state index contributed by atoms with van der Waals surface area (Å²) in [6.45, 7) is 6.32. The molecule has 0 unspecified atom stereocenters. The number of fused-ring (bicyclic) bond motifs is 3. The number of methoxy groups -OCH3 is 1. The molecular formula is C21H26N6O2. The van der Waals surface area contributed by atoms with E-state index < -0.39 is 0 Å².